The lowest BCUT2D eigenvalue weighted by atomic mass is 9.99. The standard InChI is InChI=1S/C22H14BrClN2O3S/c1-10-11(2)30-22(25-10)26-18(12-3-5-13(23)6-4-12)17-19(27)15-9-14(24)7-8-16(15)29-20(17)21(26)28/h3-9,18H,1-2H3/t18-/m1/s1. The maximum atomic E-state index is 13.5. The van der Waals surface area contributed by atoms with Crippen LogP contribution in [0.3, 0.4) is 0 Å². The summed E-state index contributed by atoms with van der Waals surface area (Å²) >= 11 is 11.0. The third kappa shape index (κ3) is 2.92. The number of hydrogen-bond acceptors (Lipinski definition) is 5. The number of carbonyl (C=O) groups is 1. The SMILES string of the molecule is Cc1nc(N2C(=O)c3oc4ccc(Cl)cc4c(=O)c3[C@H]2c2ccc(Br)cc2)sc1C. The second-order valence-corrected chi connectivity index (χ2v) is 9.62. The van der Waals surface area contributed by atoms with Gasteiger partial charge in [-0.2, -0.15) is 0 Å². The van der Waals surface area contributed by atoms with Crippen LogP contribution in [0.2, 0.25) is 5.02 Å². The Hall–Kier alpha value is -2.48. The zero-order valence-electron chi connectivity index (χ0n) is 15.9. The molecule has 2 aromatic heterocycles. The van der Waals surface area contributed by atoms with Crippen LogP contribution in [0.1, 0.15) is 38.3 Å². The van der Waals surface area contributed by atoms with Gasteiger partial charge in [-0.25, -0.2) is 4.98 Å². The summed E-state index contributed by atoms with van der Waals surface area (Å²) in [5, 5.41) is 1.32. The maximum Gasteiger partial charge on any atom is 0.297 e. The molecule has 0 fully saturated rings. The third-order valence-corrected chi connectivity index (χ3v) is 7.08. The number of anilines is 1. The highest BCUT2D eigenvalue weighted by molar-refractivity contribution is 9.10. The summed E-state index contributed by atoms with van der Waals surface area (Å²) < 4.78 is 6.84. The van der Waals surface area contributed by atoms with Crippen LogP contribution in [-0.4, -0.2) is 10.9 Å². The summed E-state index contributed by atoms with van der Waals surface area (Å²) in [6, 6.07) is 11.7. The van der Waals surface area contributed by atoms with Crippen LogP contribution in [0.15, 0.2) is 56.1 Å². The lowest BCUT2D eigenvalue weighted by Crippen LogP contribution is -2.29. The Bertz CT molecular complexity index is 1370. The van der Waals surface area contributed by atoms with E-state index in [9.17, 15) is 9.59 Å². The van der Waals surface area contributed by atoms with Crippen molar-refractivity contribution >= 4 is 60.9 Å². The van der Waals surface area contributed by atoms with Gasteiger partial charge in [0, 0.05) is 14.4 Å². The van der Waals surface area contributed by atoms with Gasteiger partial charge in [-0.15, -0.1) is 11.3 Å². The van der Waals surface area contributed by atoms with E-state index in [1.54, 1.807) is 23.1 Å². The molecule has 5 rings (SSSR count). The quantitative estimate of drug-likeness (QED) is 0.336. The highest BCUT2D eigenvalue weighted by Gasteiger charge is 2.45. The van der Waals surface area contributed by atoms with Crippen LogP contribution in [0, 0.1) is 13.8 Å². The van der Waals surface area contributed by atoms with Gasteiger partial charge in [0.1, 0.15) is 5.58 Å². The molecular formula is C22H14BrClN2O3S. The molecule has 0 spiro atoms. The van der Waals surface area contributed by atoms with E-state index in [0.717, 1.165) is 20.6 Å². The van der Waals surface area contributed by atoms with Crippen LogP contribution in [0.4, 0.5) is 5.13 Å². The molecule has 0 radical (unpaired) electrons. The molecule has 0 aliphatic carbocycles. The van der Waals surface area contributed by atoms with E-state index in [4.69, 9.17) is 16.0 Å². The predicted octanol–water partition coefficient (Wildman–Crippen LogP) is 6.03. The summed E-state index contributed by atoms with van der Waals surface area (Å²) in [5.74, 6) is -0.325. The van der Waals surface area contributed by atoms with Gasteiger partial charge < -0.3 is 4.42 Å². The Morgan fingerprint density at radius 2 is 1.87 bits per heavy atom. The number of hydrogen-bond donors (Lipinski definition) is 0. The number of rotatable bonds is 2. The molecule has 0 unspecified atom stereocenters. The second kappa shape index (κ2) is 7.04. The highest BCUT2D eigenvalue weighted by atomic mass is 79.9. The fourth-order valence-electron chi connectivity index (χ4n) is 3.66. The van der Waals surface area contributed by atoms with Gasteiger partial charge >= 0.3 is 0 Å². The number of thiazole rings is 1. The average molecular weight is 502 g/mol. The number of amides is 1. The summed E-state index contributed by atoms with van der Waals surface area (Å²) in [4.78, 5) is 34.1. The Labute approximate surface area is 189 Å². The van der Waals surface area contributed by atoms with Crippen LogP contribution in [-0.2, 0) is 0 Å². The molecule has 1 aliphatic rings. The van der Waals surface area contributed by atoms with Crippen molar-refractivity contribution in [2.24, 2.45) is 0 Å². The van der Waals surface area contributed by atoms with Crippen molar-refractivity contribution in [1.82, 2.24) is 4.98 Å². The second-order valence-electron chi connectivity index (χ2n) is 7.08. The number of nitrogens with zero attached hydrogens (tertiary/aromatic N) is 2. The van der Waals surface area contributed by atoms with Gasteiger partial charge in [-0.3, -0.25) is 14.5 Å². The summed E-state index contributed by atoms with van der Waals surface area (Å²) in [7, 11) is 0. The van der Waals surface area contributed by atoms with Crippen molar-refractivity contribution in [2.75, 3.05) is 4.90 Å². The summed E-state index contributed by atoms with van der Waals surface area (Å²) in [5.41, 5.74) is 2.03. The Morgan fingerprint density at radius 3 is 2.53 bits per heavy atom. The van der Waals surface area contributed by atoms with E-state index in [1.165, 1.54) is 11.3 Å². The average Bonchev–Trinajstić information content (AvgIpc) is 3.20. The first-order chi connectivity index (χ1) is 14.3. The topological polar surface area (TPSA) is 63.4 Å². The summed E-state index contributed by atoms with van der Waals surface area (Å²) in [6.45, 7) is 3.86. The Kier molecular flexibility index (Phi) is 4.57. The molecule has 1 aliphatic heterocycles. The third-order valence-electron chi connectivity index (χ3n) is 5.24. The minimum Gasteiger partial charge on any atom is -0.450 e. The molecule has 0 N–H and O–H groups in total. The van der Waals surface area contributed by atoms with Crippen molar-refractivity contribution < 1.29 is 9.21 Å². The van der Waals surface area contributed by atoms with E-state index >= 15 is 0 Å². The summed E-state index contributed by atoms with van der Waals surface area (Å²) in [6.07, 6.45) is 0. The fourth-order valence-corrected chi connectivity index (χ4v) is 5.03. The number of aryl methyl sites for hydroxylation is 2. The Morgan fingerprint density at radius 1 is 1.13 bits per heavy atom. The van der Waals surface area contributed by atoms with E-state index < -0.39 is 6.04 Å². The predicted molar refractivity (Wildman–Crippen MR) is 122 cm³/mol. The van der Waals surface area contributed by atoms with Gasteiger partial charge in [0.2, 0.25) is 5.76 Å². The van der Waals surface area contributed by atoms with E-state index in [2.05, 4.69) is 20.9 Å². The van der Waals surface area contributed by atoms with Crippen LogP contribution in [0.25, 0.3) is 11.0 Å². The lowest BCUT2D eigenvalue weighted by Gasteiger charge is -2.22. The molecule has 30 heavy (non-hydrogen) atoms. The monoisotopic (exact) mass is 500 g/mol. The molecule has 0 saturated carbocycles. The molecule has 4 aromatic rings. The van der Waals surface area contributed by atoms with Crippen molar-refractivity contribution in [3.63, 3.8) is 0 Å². The largest absolute Gasteiger partial charge is 0.450 e. The zero-order valence-corrected chi connectivity index (χ0v) is 19.1. The first-order valence-corrected chi connectivity index (χ1v) is 11.1. The fraction of sp³-hybridized carbons (Fsp3) is 0.136. The molecule has 1 atom stereocenters. The smallest absolute Gasteiger partial charge is 0.297 e. The number of fused-ring (bicyclic) bond motifs is 2. The molecule has 2 aromatic carbocycles. The number of aromatic nitrogens is 1. The van der Waals surface area contributed by atoms with Gasteiger partial charge in [0.05, 0.1) is 22.7 Å². The number of benzene rings is 2. The van der Waals surface area contributed by atoms with Gasteiger partial charge in [-0.05, 0) is 49.7 Å². The van der Waals surface area contributed by atoms with Crippen molar-refractivity contribution in [3.05, 3.63) is 89.6 Å². The number of halogens is 2. The minimum absolute atomic E-state index is 0.0493. The van der Waals surface area contributed by atoms with Gasteiger partial charge in [-0.1, -0.05) is 39.7 Å². The molecule has 5 nitrogen and oxygen atoms in total. The van der Waals surface area contributed by atoms with Crippen LogP contribution in [0.5, 0.6) is 0 Å². The van der Waals surface area contributed by atoms with E-state index in [-0.39, 0.29) is 17.1 Å². The first-order valence-electron chi connectivity index (χ1n) is 9.14. The number of carbonyl (C=O) groups excluding carboxylic acids is 1. The minimum atomic E-state index is -0.634. The first kappa shape index (κ1) is 19.5. The van der Waals surface area contributed by atoms with Crippen molar-refractivity contribution in [2.45, 2.75) is 19.9 Å². The molecule has 8 heteroatoms. The molecule has 1 amide bonds. The molecule has 0 saturated heterocycles. The highest BCUT2D eigenvalue weighted by Crippen LogP contribution is 2.43. The van der Waals surface area contributed by atoms with Gasteiger partial charge in [0.25, 0.3) is 5.91 Å². The normalized spacial score (nSPS) is 15.8. The van der Waals surface area contributed by atoms with Crippen LogP contribution >= 0.6 is 38.9 Å². The van der Waals surface area contributed by atoms with E-state index in [1.807, 2.05) is 38.1 Å². The molecule has 3 heterocycles. The van der Waals surface area contributed by atoms with E-state index in [0.29, 0.717) is 26.7 Å². The Balaban J connectivity index is 1.82. The van der Waals surface area contributed by atoms with Crippen molar-refractivity contribution in [1.29, 1.82) is 0 Å². The molecular weight excluding hydrogens is 488 g/mol. The van der Waals surface area contributed by atoms with Crippen LogP contribution < -0.4 is 10.3 Å². The lowest BCUT2D eigenvalue weighted by molar-refractivity contribution is 0.0971. The maximum absolute atomic E-state index is 13.5. The zero-order chi connectivity index (χ0) is 21.2. The van der Waals surface area contributed by atoms with Gasteiger partial charge in [0.15, 0.2) is 10.6 Å². The molecule has 0 bridgehead atoms. The molecule has 150 valence electrons. The van der Waals surface area contributed by atoms with Crippen molar-refractivity contribution in [3.8, 4) is 0 Å².